The summed E-state index contributed by atoms with van der Waals surface area (Å²) in [4.78, 5) is 26.8. The van der Waals surface area contributed by atoms with Crippen molar-refractivity contribution in [2.45, 2.75) is 20.4 Å². The number of hydrogen-bond donors (Lipinski definition) is 0. The number of imide groups is 1. The molecule has 0 spiro atoms. The molecule has 1 aliphatic heterocycles. The first-order valence-electron chi connectivity index (χ1n) is 8.74. The van der Waals surface area contributed by atoms with Crippen molar-refractivity contribution in [3.8, 4) is 11.5 Å². The summed E-state index contributed by atoms with van der Waals surface area (Å²) in [5.41, 5.74) is 2.85. The second-order valence-electron chi connectivity index (χ2n) is 6.22. The molecule has 0 N–H and O–H groups in total. The fourth-order valence-corrected chi connectivity index (χ4v) is 4.48. The summed E-state index contributed by atoms with van der Waals surface area (Å²) in [7, 11) is 1.59. The number of hydrogen-bond acceptors (Lipinski definition) is 5. The molecule has 0 radical (unpaired) electrons. The number of amides is 2. The lowest BCUT2D eigenvalue weighted by Crippen LogP contribution is -2.27. The monoisotopic (exact) mass is 509 g/mol. The first-order valence-corrected chi connectivity index (χ1v) is 10.6. The summed E-state index contributed by atoms with van der Waals surface area (Å²) in [5, 5.41) is -0.259. The van der Waals surface area contributed by atoms with Gasteiger partial charge in [0.1, 0.15) is 0 Å². The summed E-state index contributed by atoms with van der Waals surface area (Å²) in [6, 6.07) is 11.5. The topological polar surface area (TPSA) is 55.8 Å². The Hall–Kier alpha value is -2.00. The first kappa shape index (κ1) is 20.7. The predicted octanol–water partition coefficient (Wildman–Crippen LogP) is 5.24. The normalized spacial score (nSPS) is 15.4. The van der Waals surface area contributed by atoms with Crippen LogP contribution in [0, 0.1) is 10.5 Å². The molecule has 3 rings (SSSR count). The molecule has 0 aliphatic carbocycles. The van der Waals surface area contributed by atoms with E-state index < -0.39 is 0 Å². The van der Waals surface area contributed by atoms with Crippen molar-refractivity contribution in [1.82, 2.24) is 4.90 Å². The van der Waals surface area contributed by atoms with Gasteiger partial charge in [-0.15, -0.1) is 0 Å². The van der Waals surface area contributed by atoms with Gasteiger partial charge in [0.2, 0.25) is 0 Å². The van der Waals surface area contributed by atoms with Crippen LogP contribution in [-0.2, 0) is 11.3 Å². The van der Waals surface area contributed by atoms with Gasteiger partial charge < -0.3 is 9.47 Å². The summed E-state index contributed by atoms with van der Waals surface area (Å²) in [5.74, 6) is 0.994. The Morgan fingerprint density at radius 2 is 1.89 bits per heavy atom. The summed E-state index contributed by atoms with van der Waals surface area (Å²) in [6.45, 7) is 4.67. The molecule has 1 heterocycles. The maximum absolute atomic E-state index is 12.8. The molecule has 28 heavy (non-hydrogen) atoms. The molecule has 0 bridgehead atoms. The van der Waals surface area contributed by atoms with Gasteiger partial charge in [-0.05, 0) is 77.5 Å². The van der Waals surface area contributed by atoms with E-state index in [1.54, 1.807) is 13.2 Å². The third-order valence-corrected chi connectivity index (χ3v) is 5.88. The number of rotatable bonds is 6. The number of nitrogens with zero attached hydrogens (tertiary/aromatic N) is 1. The third-order valence-electron chi connectivity index (χ3n) is 4.17. The number of methoxy groups -OCH3 is 1. The van der Waals surface area contributed by atoms with E-state index in [-0.39, 0.29) is 17.7 Å². The predicted molar refractivity (Wildman–Crippen MR) is 120 cm³/mol. The second-order valence-corrected chi connectivity index (χ2v) is 8.38. The van der Waals surface area contributed by atoms with Gasteiger partial charge in [-0.1, -0.05) is 29.8 Å². The molecular weight excluding hydrogens is 489 g/mol. The standard InChI is InChI=1S/C21H20INO4S/c1-4-27-17-10-15(9-16(22)19(17)26-3)11-18-20(24)23(21(25)28-18)12-14-7-5-13(2)6-8-14/h5-11H,4,12H2,1-3H3/b18-11-. The highest BCUT2D eigenvalue weighted by Crippen LogP contribution is 2.37. The molecule has 2 aromatic carbocycles. The minimum atomic E-state index is -0.278. The van der Waals surface area contributed by atoms with E-state index in [9.17, 15) is 9.59 Å². The van der Waals surface area contributed by atoms with Crippen LogP contribution in [0.2, 0.25) is 0 Å². The first-order chi connectivity index (χ1) is 13.4. The van der Waals surface area contributed by atoms with E-state index >= 15 is 0 Å². The van der Waals surface area contributed by atoms with Crippen LogP contribution in [0.15, 0.2) is 41.3 Å². The van der Waals surface area contributed by atoms with Crippen LogP contribution >= 0.6 is 34.4 Å². The third kappa shape index (κ3) is 4.52. The minimum absolute atomic E-state index is 0.259. The zero-order valence-electron chi connectivity index (χ0n) is 15.8. The number of ether oxygens (including phenoxy) is 2. The van der Waals surface area contributed by atoms with E-state index in [1.807, 2.05) is 50.2 Å². The van der Waals surface area contributed by atoms with Gasteiger partial charge in [0, 0.05) is 0 Å². The molecule has 146 valence electrons. The Kier molecular flexibility index (Phi) is 6.66. The Labute approximate surface area is 182 Å². The van der Waals surface area contributed by atoms with Crippen molar-refractivity contribution in [3.05, 3.63) is 61.6 Å². The van der Waals surface area contributed by atoms with Gasteiger partial charge >= 0.3 is 0 Å². The fraction of sp³-hybridized carbons (Fsp3) is 0.238. The van der Waals surface area contributed by atoms with Crippen molar-refractivity contribution in [2.75, 3.05) is 13.7 Å². The Balaban J connectivity index is 1.86. The van der Waals surface area contributed by atoms with Gasteiger partial charge in [0.15, 0.2) is 11.5 Å². The number of aryl methyl sites for hydroxylation is 1. The number of carbonyl (C=O) groups excluding carboxylic acids is 2. The fourth-order valence-electron chi connectivity index (χ4n) is 2.80. The van der Waals surface area contributed by atoms with Crippen LogP contribution < -0.4 is 9.47 Å². The second kappa shape index (κ2) is 9.00. The van der Waals surface area contributed by atoms with Crippen molar-refractivity contribution >= 4 is 51.6 Å². The molecule has 0 aromatic heterocycles. The highest BCUT2D eigenvalue weighted by atomic mass is 127. The lowest BCUT2D eigenvalue weighted by Gasteiger charge is -2.13. The molecule has 0 atom stereocenters. The van der Waals surface area contributed by atoms with E-state index in [1.165, 1.54) is 4.90 Å². The molecule has 1 aliphatic rings. The molecule has 1 fully saturated rings. The highest BCUT2D eigenvalue weighted by Gasteiger charge is 2.35. The number of benzene rings is 2. The molecule has 1 saturated heterocycles. The Bertz CT molecular complexity index is 940. The van der Waals surface area contributed by atoms with E-state index in [0.717, 1.165) is 32.0 Å². The molecule has 2 aromatic rings. The number of carbonyl (C=O) groups is 2. The molecule has 7 heteroatoms. The largest absolute Gasteiger partial charge is 0.492 e. The van der Waals surface area contributed by atoms with E-state index in [4.69, 9.17) is 9.47 Å². The van der Waals surface area contributed by atoms with Crippen molar-refractivity contribution in [2.24, 2.45) is 0 Å². The van der Waals surface area contributed by atoms with Crippen LogP contribution in [0.4, 0.5) is 4.79 Å². The number of halogens is 1. The maximum Gasteiger partial charge on any atom is 0.293 e. The Morgan fingerprint density at radius 3 is 2.54 bits per heavy atom. The number of thioether (sulfide) groups is 1. The average molecular weight is 509 g/mol. The summed E-state index contributed by atoms with van der Waals surface area (Å²) in [6.07, 6.45) is 1.73. The lowest BCUT2D eigenvalue weighted by atomic mass is 10.1. The minimum Gasteiger partial charge on any atom is -0.492 e. The summed E-state index contributed by atoms with van der Waals surface area (Å²) < 4.78 is 11.9. The van der Waals surface area contributed by atoms with Crippen molar-refractivity contribution in [1.29, 1.82) is 0 Å². The van der Waals surface area contributed by atoms with Gasteiger partial charge in [0.25, 0.3) is 11.1 Å². The van der Waals surface area contributed by atoms with E-state index in [0.29, 0.717) is 23.0 Å². The van der Waals surface area contributed by atoms with Crippen LogP contribution in [0.3, 0.4) is 0 Å². The SMILES string of the molecule is CCOc1cc(/C=C2\SC(=O)N(Cc3ccc(C)cc3)C2=O)cc(I)c1OC. The van der Waals surface area contributed by atoms with Gasteiger partial charge in [-0.3, -0.25) is 14.5 Å². The Morgan fingerprint density at radius 1 is 1.18 bits per heavy atom. The van der Waals surface area contributed by atoms with Gasteiger partial charge in [0.05, 0.1) is 28.7 Å². The molecule has 2 amide bonds. The lowest BCUT2D eigenvalue weighted by molar-refractivity contribution is -0.123. The van der Waals surface area contributed by atoms with Crippen LogP contribution in [0.5, 0.6) is 11.5 Å². The molecular formula is C21H20INO4S. The molecule has 0 saturated carbocycles. The van der Waals surface area contributed by atoms with Crippen LogP contribution in [-0.4, -0.2) is 29.8 Å². The zero-order chi connectivity index (χ0) is 20.3. The summed E-state index contributed by atoms with van der Waals surface area (Å²) >= 11 is 3.12. The highest BCUT2D eigenvalue weighted by molar-refractivity contribution is 14.1. The van der Waals surface area contributed by atoms with Gasteiger partial charge in [-0.2, -0.15) is 0 Å². The van der Waals surface area contributed by atoms with Crippen molar-refractivity contribution in [3.63, 3.8) is 0 Å². The van der Waals surface area contributed by atoms with Crippen molar-refractivity contribution < 1.29 is 19.1 Å². The average Bonchev–Trinajstić information content (AvgIpc) is 2.91. The van der Waals surface area contributed by atoms with Crippen LogP contribution in [0.25, 0.3) is 6.08 Å². The molecule has 5 nitrogen and oxygen atoms in total. The van der Waals surface area contributed by atoms with E-state index in [2.05, 4.69) is 22.6 Å². The smallest absolute Gasteiger partial charge is 0.293 e. The van der Waals surface area contributed by atoms with Crippen LogP contribution in [0.1, 0.15) is 23.6 Å². The maximum atomic E-state index is 12.8. The van der Waals surface area contributed by atoms with Gasteiger partial charge in [-0.25, -0.2) is 0 Å². The molecule has 0 unspecified atom stereocenters. The quantitative estimate of drug-likeness (QED) is 0.394. The zero-order valence-corrected chi connectivity index (χ0v) is 18.8.